The van der Waals surface area contributed by atoms with E-state index in [1.165, 1.54) is 23.0 Å². The third-order valence-electron chi connectivity index (χ3n) is 3.68. The van der Waals surface area contributed by atoms with E-state index in [1.54, 1.807) is 18.4 Å². The lowest BCUT2D eigenvalue weighted by Gasteiger charge is -2.08. The third-order valence-corrected chi connectivity index (χ3v) is 4.62. The number of nitrogens with zero attached hydrogens (tertiary/aromatic N) is 1. The highest BCUT2D eigenvalue weighted by Crippen LogP contribution is 2.29. The van der Waals surface area contributed by atoms with Crippen molar-refractivity contribution < 1.29 is 19.1 Å². The molecule has 0 aromatic heterocycles. The molecule has 1 aromatic rings. The molecule has 0 radical (unpaired) electrons. The number of fused-ring (bicyclic) bond motifs is 3. The van der Waals surface area contributed by atoms with Crippen molar-refractivity contribution in [3.05, 3.63) is 51.1 Å². The van der Waals surface area contributed by atoms with E-state index in [0.717, 1.165) is 4.70 Å². The van der Waals surface area contributed by atoms with E-state index in [1.807, 2.05) is 18.2 Å². The van der Waals surface area contributed by atoms with E-state index in [4.69, 9.17) is 9.47 Å². The fourth-order valence-corrected chi connectivity index (χ4v) is 3.58. The standard InChI is InChI=1S/C17H15NO5S/c1-3-23-14(19)8-10-15(17(21)22-2)12-9-24-13-7-5-4-6-11(13)18(12)16(10)20/h4-7,9H,3,8H2,1-2H3. The van der Waals surface area contributed by atoms with Gasteiger partial charge in [0.25, 0.3) is 5.56 Å². The fourth-order valence-electron chi connectivity index (χ4n) is 2.68. The number of esters is 2. The lowest BCUT2D eigenvalue weighted by atomic mass is 10.1. The van der Waals surface area contributed by atoms with Gasteiger partial charge in [0.1, 0.15) is 0 Å². The van der Waals surface area contributed by atoms with Crippen molar-refractivity contribution in [2.45, 2.75) is 13.3 Å². The largest absolute Gasteiger partial charge is 0.466 e. The smallest absolute Gasteiger partial charge is 0.340 e. The van der Waals surface area contributed by atoms with Crippen LogP contribution in [-0.2, 0) is 20.7 Å². The molecule has 2 aliphatic heterocycles. The van der Waals surface area contributed by atoms with Gasteiger partial charge in [-0.2, -0.15) is 0 Å². The van der Waals surface area contributed by atoms with Gasteiger partial charge in [0.15, 0.2) is 0 Å². The summed E-state index contributed by atoms with van der Waals surface area (Å²) in [5.41, 5.74) is 0.948. The summed E-state index contributed by atoms with van der Waals surface area (Å²) in [4.78, 5) is 36.9. The van der Waals surface area contributed by atoms with Crippen LogP contribution in [0.1, 0.15) is 22.8 Å². The second kappa shape index (κ2) is 6.45. The van der Waals surface area contributed by atoms with Crippen molar-refractivity contribution in [3.63, 3.8) is 0 Å². The van der Waals surface area contributed by atoms with Crippen LogP contribution in [0.2, 0.25) is 0 Å². The minimum Gasteiger partial charge on any atom is -0.466 e. The highest BCUT2D eigenvalue weighted by Gasteiger charge is 2.29. The van der Waals surface area contributed by atoms with Gasteiger partial charge in [0, 0.05) is 10.9 Å². The molecule has 7 heteroatoms. The van der Waals surface area contributed by atoms with Crippen molar-refractivity contribution in [1.82, 2.24) is 4.57 Å². The monoisotopic (exact) mass is 345 g/mol. The number of rotatable bonds is 4. The molecule has 0 unspecified atom stereocenters. The van der Waals surface area contributed by atoms with Crippen LogP contribution in [0.5, 0.6) is 0 Å². The topological polar surface area (TPSA) is 74.6 Å². The predicted molar refractivity (Wildman–Crippen MR) is 90.3 cm³/mol. The molecule has 0 bridgehead atoms. The Bertz CT molecular complexity index is 955. The van der Waals surface area contributed by atoms with Crippen molar-refractivity contribution >= 4 is 33.5 Å². The summed E-state index contributed by atoms with van der Waals surface area (Å²) in [6, 6.07) is 7.38. The van der Waals surface area contributed by atoms with Gasteiger partial charge in [-0.25, -0.2) is 4.79 Å². The van der Waals surface area contributed by atoms with Crippen LogP contribution in [0.25, 0.3) is 15.9 Å². The molecule has 0 spiro atoms. The zero-order valence-corrected chi connectivity index (χ0v) is 14.0. The summed E-state index contributed by atoms with van der Waals surface area (Å²) in [5.74, 6) is -1.19. The molecule has 124 valence electrons. The van der Waals surface area contributed by atoms with E-state index < -0.39 is 17.5 Å². The van der Waals surface area contributed by atoms with E-state index in [2.05, 4.69) is 0 Å². The predicted octanol–water partition coefficient (Wildman–Crippen LogP) is 2.38. The Kier molecular flexibility index (Phi) is 4.35. The minimum atomic E-state index is -0.642. The zero-order valence-electron chi connectivity index (χ0n) is 13.2. The van der Waals surface area contributed by atoms with Gasteiger partial charge in [-0.05, 0) is 19.1 Å². The van der Waals surface area contributed by atoms with Crippen LogP contribution in [0.4, 0.5) is 0 Å². The third kappa shape index (κ3) is 2.56. The van der Waals surface area contributed by atoms with E-state index >= 15 is 0 Å². The maximum absolute atomic E-state index is 12.9. The fraction of sp³-hybridized carbons (Fsp3) is 0.235. The number of ether oxygens (including phenoxy) is 2. The van der Waals surface area contributed by atoms with Gasteiger partial charge < -0.3 is 9.47 Å². The zero-order chi connectivity index (χ0) is 17.3. The Labute approximate surface area is 141 Å². The van der Waals surface area contributed by atoms with Crippen LogP contribution in [0, 0.1) is 0 Å². The molecule has 0 aliphatic carbocycles. The Balaban J connectivity index is 2.31. The Morgan fingerprint density at radius 1 is 1.25 bits per heavy atom. The van der Waals surface area contributed by atoms with Crippen LogP contribution in [0.15, 0.2) is 34.4 Å². The second-order valence-electron chi connectivity index (χ2n) is 5.06. The Morgan fingerprint density at radius 3 is 2.71 bits per heavy atom. The number of benzene rings is 1. The Hall–Kier alpha value is -2.67. The molecule has 1 aromatic carbocycles. The number of aromatic nitrogens is 1. The van der Waals surface area contributed by atoms with Gasteiger partial charge in [0.2, 0.25) is 0 Å². The quantitative estimate of drug-likeness (QED) is 0.679. The van der Waals surface area contributed by atoms with Crippen LogP contribution < -0.4 is 5.56 Å². The minimum absolute atomic E-state index is 0.101. The molecule has 0 saturated heterocycles. The summed E-state index contributed by atoms with van der Waals surface area (Å²) in [7, 11) is 1.24. The van der Waals surface area contributed by atoms with Crippen molar-refractivity contribution in [2.24, 2.45) is 0 Å². The van der Waals surface area contributed by atoms with E-state index in [9.17, 15) is 14.4 Å². The van der Waals surface area contributed by atoms with Gasteiger partial charge in [-0.1, -0.05) is 12.1 Å². The number of hydrogen-bond acceptors (Lipinski definition) is 6. The molecule has 2 heterocycles. The van der Waals surface area contributed by atoms with Gasteiger partial charge in [-0.3, -0.25) is 14.2 Å². The van der Waals surface area contributed by atoms with Crippen molar-refractivity contribution in [3.8, 4) is 5.69 Å². The molecule has 0 N–H and O–H groups in total. The first-order valence-corrected chi connectivity index (χ1v) is 8.24. The van der Waals surface area contributed by atoms with Crippen molar-refractivity contribution in [1.29, 1.82) is 0 Å². The van der Waals surface area contributed by atoms with Gasteiger partial charge in [0.05, 0.1) is 41.6 Å². The normalized spacial score (nSPS) is 10.9. The van der Waals surface area contributed by atoms with E-state index in [-0.39, 0.29) is 24.2 Å². The molecule has 0 fully saturated rings. The maximum atomic E-state index is 12.9. The number of carbonyl (C=O) groups is 2. The summed E-state index contributed by atoms with van der Waals surface area (Å²) < 4.78 is 12.1. The summed E-state index contributed by atoms with van der Waals surface area (Å²) in [5, 5.41) is 1.73. The number of hydrogen-bond donors (Lipinski definition) is 0. The molecule has 6 nitrogen and oxygen atoms in total. The summed E-state index contributed by atoms with van der Waals surface area (Å²) in [6.07, 6.45) is -0.266. The van der Waals surface area contributed by atoms with Crippen LogP contribution >= 0.6 is 11.3 Å². The first kappa shape index (κ1) is 16.2. The molecular formula is C17H15NO5S. The first-order valence-electron chi connectivity index (χ1n) is 7.36. The summed E-state index contributed by atoms with van der Waals surface area (Å²) in [6.45, 7) is 1.89. The summed E-state index contributed by atoms with van der Waals surface area (Å²) >= 11 is 1.42. The molecule has 0 amide bonds. The van der Waals surface area contributed by atoms with Gasteiger partial charge in [-0.15, -0.1) is 11.3 Å². The lowest BCUT2D eigenvalue weighted by molar-refractivity contribution is -0.142. The average Bonchev–Trinajstić information content (AvgIpc) is 2.87. The SMILES string of the molecule is CCOC(=O)Cc1c(C(=O)OC)c2csc3ccccc3n-2c1=O. The highest BCUT2D eigenvalue weighted by molar-refractivity contribution is 7.16. The first-order chi connectivity index (χ1) is 11.6. The molecular weight excluding hydrogens is 330 g/mol. The molecule has 0 atom stereocenters. The molecule has 3 rings (SSSR count). The molecule has 2 aliphatic rings. The number of para-hydroxylation sites is 1. The maximum Gasteiger partial charge on any atom is 0.340 e. The number of methoxy groups -OCH3 is 1. The second-order valence-corrected chi connectivity index (χ2v) is 5.97. The van der Waals surface area contributed by atoms with Crippen molar-refractivity contribution in [2.75, 3.05) is 13.7 Å². The molecule has 0 saturated carbocycles. The van der Waals surface area contributed by atoms with Crippen LogP contribution in [0.3, 0.4) is 0 Å². The van der Waals surface area contributed by atoms with E-state index in [0.29, 0.717) is 11.2 Å². The highest BCUT2D eigenvalue weighted by atomic mass is 32.1. The van der Waals surface area contributed by atoms with Crippen LogP contribution in [-0.4, -0.2) is 30.2 Å². The number of carbonyl (C=O) groups excluding carboxylic acids is 2. The van der Waals surface area contributed by atoms with Gasteiger partial charge >= 0.3 is 11.9 Å². The Morgan fingerprint density at radius 2 is 2.00 bits per heavy atom. The lowest BCUT2D eigenvalue weighted by Crippen LogP contribution is -2.19. The average molecular weight is 345 g/mol. The molecule has 24 heavy (non-hydrogen) atoms.